The summed E-state index contributed by atoms with van der Waals surface area (Å²) in [7, 11) is -3.01. The van der Waals surface area contributed by atoms with Gasteiger partial charge in [-0.3, -0.25) is 13.9 Å². The van der Waals surface area contributed by atoms with Crippen LogP contribution in [0.1, 0.15) is 37.5 Å². The van der Waals surface area contributed by atoms with Gasteiger partial charge >= 0.3 is 6.18 Å². The van der Waals surface area contributed by atoms with Crippen molar-refractivity contribution in [2.24, 2.45) is 5.92 Å². The first kappa shape index (κ1) is 33.4. The fourth-order valence-corrected chi connectivity index (χ4v) is 5.57. The Morgan fingerprint density at radius 1 is 0.953 bits per heavy atom. The third kappa shape index (κ3) is 8.73. The summed E-state index contributed by atoms with van der Waals surface area (Å²) in [6, 6.07) is 15.3. The second kappa shape index (κ2) is 13.9. The van der Waals surface area contributed by atoms with Gasteiger partial charge in [0.25, 0.3) is 10.0 Å². The smallest absolute Gasteiger partial charge is 0.416 e. The van der Waals surface area contributed by atoms with Crippen LogP contribution in [0.5, 0.6) is 5.75 Å². The van der Waals surface area contributed by atoms with Gasteiger partial charge in [0.15, 0.2) is 0 Å². The van der Waals surface area contributed by atoms with E-state index in [2.05, 4.69) is 5.32 Å². The van der Waals surface area contributed by atoms with Crippen molar-refractivity contribution in [1.82, 2.24) is 10.2 Å². The molecule has 8 nitrogen and oxygen atoms in total. The molecule has 1 N–H and O–H groups in total. The lowest BCUT2D eigenvalue weighted by Gasteiger charge is -2.32. The Hall–Kier alpha value is -4.06. The minimum absolute atomic E-state index is 0.0693. The fourth-order valence-electron chi connectivity index (χ4n) is 4.17. The molecule has 232 valence electrons. The summed E-state index contributed by atoms with van der Waals surface area (Å²) in [5, 5.41) is 2.78. The van der Waals surface area contributed by atoms with Crippen LogP contribution in [0.25, 0.3) is 0 Å². The molecular weight excluding hydrogens is 583 g/mol. The number of sulfonamides is 1. The average molecular weight is 620 g/mol. The van der Waals surface area contributed by atoms with Gasteiger partial charge in [-0.25, -0.2) is 8.42 Å². The number of hydrogen-bond acceptors (Lipinski definition) is 5. The molecule has 0 fully saturated rings. The molecule has 0 aliphatic carbocycles. The molecule has 0 unspecified atom stereocenters. The Balaban J connectivity index is 2.07. The lowest BCUT2D eigenvalue weighted by Crippen LogP contribution is -2.51. The molecule has 0 bridgehead atoms. The van der Waals surface area contributed by atoms with Gasteiger partial charge in [0.05, 0.1) is 23.3 Å². The fraction of sp³-hybridized carbons (Fsp3) is 0.355. The molecule has 12 heteroatoms. The molecule has 2 amide bonds. The van der Waals surface area contributed by atoms with Crippen molar-refractivity contribution in [3.8, 4) is 5.75 Å². The normalized spacial score (nSPS) is 12.5. The zero-order chi connectivity index (χ0) is 31.9. The quantitative estimate of drug-likeness (QED) is 0.293. The zero-order valence-electron chi connectivity index (χ0n) is 24.7. The molecule has 0 aliphatic heterocycles. The number of benzene rings is 3. The van der Waals surface area contributed by atoms with E-state index in [9.17, 15) is 31.2 Å². The highest BCUT2D eigenvalue weighted by atomic mass is 32.2. The Morgan fingerprint density at radius 2 is 1.58 bits per heavy atom. The number of halogens is 3. The standard InChI is InChI=1S/C31H36F3N3O5S/c1-21(2)18-35-30(39)23(4)36(19-24-11-13-27(42-5)14-12-24)29(38)20-37(26-8-6-7-25(17-26)31(32,33)34)43(40,41)28-15-9-22(3)10-16-28/h6-17,21,23H,18-20H2,1-5H3,(H,35,39)/t23-/m0/s1. The Labute approximate surface area is 250 Å². The lowest BCUT2D eigenvalue weighted by atomic mass is 10.1. The third-order valence-corrected chi connectivity index (χ3v) is 8.50. The van der Waals surface area contributed by atoms with Gasteiger partial charge in [0, 0.05) is 13.1 Å². The maximum absolute atomic E-state index is 13.9. The van der Waals surface area contributed by atoms with Gasteiger partial charge in [-0.15, -0.1) is 0 Å². The minimum Gasteiger partial charge on any atom is -0.497 e. The third-order valence-electron chi connectivity index (χ3n) is 6.71. The van der Waals surface area contributed by atoms with E-state index < -0.39 is 46.2 Å². The molecule has 0 aliphatic rings. The van der Waals surface area contributed by atoms with E-state index in [0.717, 1.165) is 17.7 Å². The van der Waals surface area contributed by atoms with Crippen molar-refractivity contribution < 1.29 is 35.9 Å². The van der Waals surface area contributed by atoms with E-state index in [4.69, 9.17) is 4.74 Å². The zero-order valence-corrected chi connectivity index (χ0v) is 25.5. The van der Waals surface area contributed by atoms with Gasteiger partial charge in [0.2, 0.25) is 11.8 Å². The molecule has 3 aromatic carbocycles. The number of hydrogen-bond donors (Lipinski definition) is 1. The first-order valence-electron chi connectivity index (χ1n) is 13.6. The van der Waals surface area contributed by atoms with E-state index in [1.54, 1.807) is 43.3 Å². The second-order valence-electron chi connectivity index (χ2n) is 10.6. The molecule has 0 aromatic heterocycles. The molecule has 0 saturated heterocycles. The predicted molar refractivity (Wildman–Crippen MR) is 158 cm³/mol. The highest BCUT2D eigenvalue weighted by molar-refractivity contribution is 7.92. The summed E-state index contributed by atoms with van der Waals surface area (Å²) in [6.07, 6.45) is -4.75. The number of methoxy groups -OCH3 is 1. The molecule has 0 radical (unpaired) electrons. The molecule has 3 aromatic rings. The van der Waals surface area contributed by atoms with E-state index >= 15 is 0 Å². The van der Waals surface area contributed by atoms with Crippen LogP contribution in [0, 0.1) is 12.8 Å². The van der Waals surface area contributed by atoms with Crippen LogP contribution in [0.4, 0.5) is 18.9 Å². The average Bonchev–Trinajstić information content (AvgIpc) is 2.97. The summed E-state index contributed by atoms with van der Waals surface area (Å²) in [6.45, 7) is 6.52. The van der Waals surface area contributed by atoms with Crippen LogP contribution in [0.15, 0.2) is 77.7 Å². The number of rotatable bonds is 12. The molecule has 0 spiro atoms. The highest BCUT2D eigenvalue weighted by Crippen LogP contribution is 2.33. The topological polar surface area (TPSA) is 96.0 Å². The van der Waals surface area contributed by atoms with Crippen LogP contribution in [-0.2, 0) is 32.3 Å². The first-order chi connectivity index (χ1) is 20.1. The number of nitrogens with one attached hydrogen (secondary N) is 1. The largest absolute Gasteiger partial charge is 0.497 e. The van der Waals surface area contributed by atoms with E-state index in [-0.39, 0.29) is 23.0 Å². The number of amides is 2. The van der Waals surface area contributed by atoms with Crippen molar-refractivity contribution in [1.29, 1.82) is 0 Å². The van der Waals surface area contributed by atoms with Gasteiger partial charge in [0.1, 0.15) is 18.3 Å². The monoisotopic (exact) mass is 619 g/mol. The summed E-state index contributed by atoms with van der Waals surface area (Å²) in [4.78, 5) is 28.0. The van der Waals surface area contributed by atoms with Crippen molar-refractivity contribution in [2.75, 3.05) is 24.5 Å². The molecule has 0 heterocycles. The van der Waals surface area contributed by atoms with Crippen molar-refractivity contribution in [3.63, 3.8) is 0 Å². The molecule has 3 rings (SSSR count). The number of carbonyl (C=O) groups is 2. The van der Waals surface area contributed by atoms with E-state index in [0.29, 0.717) is 28.2 Å². The highest BCUT2D eigenvalue weighted by Gasteiger charge is 2.35. The molecule has 1 atom stereocenters. The van der Waals surface area contributed by atoms with Crippen LogP contribution in [0.3, 0.4) is 0 Å². The van der Waals surface area contributed by atoms with Crippen LogP contribution < -0.4 is 14.4 Å². The Bertz CT molecular complexity index is 1510. The maximum atomic E-state index is 13.9. The minimum atomic E-state index is -4.75. The van der Waals surface area contributed by atoms with Gasteiger partial charge in [-0.05, 0) is 67.8 Å². The van der Waals surface area contributed by atoms with Crippen molar-refractivity contribution >= 4 is 27.5 Å². The van der Waals surface area contributed by atoms with Crippen molar-refractivity contribution in [3.05, 3.63) is 89.5 Å². The lowest BCUT2D eigenvalue weighted by molar-refractivity contribution is -0.139. The Kier molecular flexibility index (Phi) is 10.8. The summed E-state index contributed by atoms with van der Waals surface area (Å²) < 4.78 is 74.4. The van der Waals surface area contributed by atoms with E-state index in [1.807, 2.05) is 13.8 Å². The predicted octanol–water partition coefficient (Wildman–Crippen LogP) is 5.41. The van der Waals surface area contributed by atoms with Gasteiger partial charge in [-0.1, -0.05) is 49.7 Å². The summed E-state index contributed by atoms with van der Waals surface area (Å²) >= 11 is 0. The number of aryl methyl sites for hydroxylation is 1. The molecule has 0 saturated carbocycles. The number of anilines is 1. The SMILES string of the molecule is COc1ccc(CN(C(=O)CN(c2cccc(C(F)(F)F)c2)S(=O)(=O)c2ccc(C)cc2)[C@@H](C)C(=O)NCC(C)C)cc1. The number of ether oxygens (including phenoxy) is 1. The van der Waals surface area contributed by atoms with Crippen LogP contribution in [0.2, 0.25) is 0 Å². The summed E-state index contributed by atoms with van der Waals surface area (Å²) in [5.41, 5.74) is -0.0136. The van der Waals surface area contributed by atoms with Gasteiger partial charge < -0.3 is 15.0 Å². The maximum Gasteiger partial charge on any atom is 0.416 e. The summed E-state index contributed by atoms with van der Waals surface area (Å²) in [5.74, 6) is -0.527. The van der Waals surface area contributed by atoms with Gasteiger partial charge in [-0.2, -0.15) is 13.2 Å². The van der Waals surface area contributed by atoms with E-state index in [1.165, 1.54) is 37.1 Å². The molecular formula is C31H36F3N3O5S. The first-order valence-corrected chi connectivity index (χ1v) is 15.0. The number of alkyl halides is 3. The van der Waals surface area contributed by atoms with Crippen LogP contribution >= 0.6 is 0 Å². The van der Waals surface area contributed by atoms with Crippen molar-refractivity contribution in [2.45, 2.75) is 51.4 Å². The number of carbonyl (C=O) groups excluding carboxylic acids is 2. The Morgan fingerprint density at radius 3 is 2.14 bits per heavy atom. The second-order valence-corrected chi connectivity index (χ2v) is 12.4. The number of nitrogens with zero attached hydrogens (tertiary/aromatic N) is 2. The molecule has 43 heavy (non-hydrogen) atoms. The van der Waals surface area contributed by atoms with Crippen LogP contribution in [-0.4, -0.2) is 51.4 Å².